The summed E-state index contributed by atoms with van der Waals surface area (Å²) >= 11 is 0. The first-order valence-corrected chi connectivity index (χ1v) is 8.76. The van der Waals surface area contributed by atoms with Crippen LogP contribution in [0.5, 0.6) is 0 Å². The van der Waals surface area contributed by atoms with Crippen LogP contribution in [-0.2, 0) is 22.6 Å². The minimum Gasteiger partial charge on any atom is -0.487 e. The van der Waals surface area contributed by atoms with Crippen LogP contribution >= 0.6 is 0 Å². The number of carbonyl (C=O) groups is 1. The van der Waals surface area contributed by atoms with Crippen molar-refractivity contribution in [3.63, 3.8) is 0 Å². The average Bonchev–Trinajstić information content (AvgIpc) is 2.62. The van der Waals surface area contributed by atoms with E-state index in [1.807, 2.05) is 36.4 Å². The first kappa shape index (κ1) is 18.8. The van der Waals surface area contributed by atoms with Gasteiger partial charge in [0.2, 0.25) is 0 Å². The van der Waals surface area contributed by atoms with Crippen molar-refractivity contribution >= 4 is 5.97 Å². The van der Waals surface area contributed by atoms with Crippen LogP contribution in [0.25, 0.3) is 0 Å². The molecule has 1 aromatic rings. The molecule has 0 saturated carbocycles. The summed E-state index contributed by atoms with van der Waals surface area (Å²) in [6, 6.07) is 7.95. The van der Waals surface area contributed by atoms with Crippen LogP contribution in [0.3, 0.4) is 0 Å². The van der Waals surface area contributed by atoms with Gasteiger partial charge < -0.3 is 14.7 Å². The molecule has 0 aromatic heterocycles. The Morgan fingerprint density at radius 2 is 2.00 bits per heavy atom. The van der Waals surface area contributed by atoms with E-state index in [0.29, 0.717) is 13.0 Å². The number of ether oxygens (including phenoxy) is 1. The van der Waals surface area contributed by atoms with Gasteiger partial charge in [-0.05, 0) is 42.9 Å². The molecule has 1 heterocycles. The van der Waals surface area contributed by atoms with Crippen LogP contribution in [0.15, 0.2) is 60.5 Å². The molecular formula is C21H27NO3. The Morgan fingerprint density at radius 3 is 2.64 bits per heavy atom. The zero-order valence-corrected chi connectivity index (χ0v) is 14.9. The Bertz CT molecular complexity index is 644. The minimum absolute atomic E-state index is 0.158. The van der Waals surface area contributed by atoms with Crippen LogP contribution in [0.2, 0.25) is 0 Å². The van der Waals surface area contributed by atoms with Gasteiger partial charge >= 0.3 is 5.97 Å². The van der Waals surface area contributed by atoms with Gasteiger partial charge in [-0.1, -0.05) is 43.0 Å². The summed E-state index contributed by atoms with van der Waals surface area (Å²) in [6.45, 7) is 5.29. The predicted octanol–water partition coefficient (Wildman–Crippen LogP) is 4.29. The van der Waals surface area contributed by atoms with Crippen LogP contribution < -0.4 is 0 Å². The van der Waals surface area contributed by atoms with Crippen LogP contribution in [0.1, 0.15) is 36.8 Å². The SMILES string of the molecule is C=C/C=C\C(OCc1ccc(CCC(=O)O)cc1)=C1/CCCCN1C. The van der Waals surface area contributed by atoms with E-state index in [1.165, 1.54) is 18.5 Å². The monoisotopic (exact) mass is 341 g/mol. The molecule has 4 nitrogen and oxygen atoms in total. The third-order valence-electron chi connectivity index (χ3n) is 4.33. The number of hydrogen-bond acceptors (Lipinski definition) is 3. The van der Waals surface area contributed by atoms with E-state index < -0.39 is 5.97 Å². The number of rotatable bonds is 8. The number of allylic oxidation sites excluding steroid dienone is 4. The molecule has 0 radical (unpaired) electrons. The van der Waals surface area contributed by atoms with E-state index in [4.69, 9.17) is 9.84 Å². The second-order valence-corrected chi connectivity index (χ2v) is 6.28. The Labute approximate surface area is 150 Å². The summed E-state index contributed by atoms with van der Waals surface area (Å²) in [5, 5.41) is 8.75. The second-order valence-electron chi connectivity index (χ2n) is 6.28. The predicted molar refractivity (Wildman–Crippen MR) is 100 cm³/mol. The quantitative estimate of drug-likeness (QED) is 0.566. The van der Waals surface area contributed by atoms with Gasteiger partial charge in [0.05, 0.1) is 5.70 Å². The lowest BCUT2D eigenvalue weighted by molar-refractivity contribution is -0.136. The maximum atomic E-state index is 10.6. The molecule has 4 heteroatoms. The van der Waals surface area contributed by atoms with E-state index in [0.717, 1.165) is 29.9 Å². The highest BCUT2D eigenvalue weighted by atomic mass is 16.5. The smallest absolute Gasteiger partial charge is 0.303 e. The van der Waals surface area contributed by atoms with Crippen molar-refractivity contribution in [2.45, 2.75) is 38.7 Å². The van der Waals surface area contributed by atoms with E-state index in [9.17, 15) is 4.79 Å². The molecule has 0 atom stereocenters. The molecule has 2 rings (SSSR count). The van der Waals surface area contributed by atoms with Crippen molar-refractivity contribution in [3.8, 4) is 0 Å². The topological polar surface area (TPSA) is 49.8 Å². The molecule has 25 heavy (non-hydrogen) atoms. The lowest BCUT2D eigenvalue weighted by Crippen LogP contribution is -2.25. The van der Waals surface area contributed by atoms with Crippen molar-refractivity contribution < 1.29 is 14.6 Å². The fourth-order valence-electron chi connectivity index (χ4n) is 2.88. The van der Waals surface area contributed by atoms with E-state index in [2.05, 4.69) is 18.5 Å². The molecule has 1 aromatic carbocycles. The Kier molecular flexibility index (Phi) is 7.33. The maximum Gasteiger partial charge on any atom is 0.303 e. The van der Waals surface area contributed by atoms with Gasteiger partial charge in [-0.3, -0.25) is 4.79 Å². The van der Waals surface area contributed by atoms with Gasteiger partial charge in [0.15, 0.2) is 0 Å². The summed E-state index contributed by atoms with van der Waals surface area (Å²) in [7, 11) is 2.11. The van der Waals surface area contributed by atoms with Gasteiger partial charge in [-0.2, -0.15) is 0 Å². The minimum atomic E-state index is -0.769. The third-order valence-corrected chi connectivity index (χ3v) is 4.33. The molecule has 1 N–H and O–H groups in total. The highest BCUT2D eigenvalue weighted by Crippen LogP contribution is 2.24. The molecule has 0 aliphatic carbocycles. The summed E-state index contributed by atoms with van der Waals surface area (Å²) < 4.78 is 6.09. The molecule has 1 aliphatic heterocycles. The van der Waals surface area contributed by atoms with Crippen LogP contribution in [0.4, 0.5) is 0 Å². The Balaban J connectivity index is 2.02. The lowest BCUT2D eigenvalue weighted by atomic mass is 10.1. The number of benzene rings is 1. The first-order chi connectivity index (χ1) is 12.1. The number of hydrogen-bond donors (Lipinski definition) is 1. The Morgan fingerprint density at radius 1 is 1.28 bits per heavy atom. The number of aryl methyl sites for hydroxylation is 1. The van der Waals surface area contributed by atoms with Crippen molar-refractivity contribution in [2.24, 2.45) is 0 Å². The normalized spacial score (nSPS) is 16.8. The van der Waals surface area contributed by atoms with Crippen molar-refractivity contribution in [2.75, 3.05) is 13.6 Å². The number of likely N-dealkylation sites (tertiary alicyclic amines) is 1. The zero-order chi connectivity index (χ0) is 18.1. The van der Waals surface area contributed by atoms with Crippen LogP contribution in [-0.4, -0.2) is 29.6 Å². The van der Waals surface area contributed by atoms with Crippen molar-refractivity contribution in [3.05, 3.63) is 71.7 Å². The lowest BCUT2D eigenvalue weighted by Gasteiger charge is -2.29. The summed E-state index contributed by atoms with van der Waals surface area (Å²) in [6.07, 6.45) is 9.78. The molecule has 0 spiro atoms. The van der Waals surface area contributed by atoms with E-state index in [1.54, 1.807) is 6.08 Å². The zero-order valence-electron chi connectivity index (χ0n) is 14.9. The summed E-state index contributed by atoms with van der Waals surface area (Å²) in [4.78, 5) is 12.9. The molecule has 1 fully saturated rings. The van der Waals surface area contributed by atoms with Gasteiger partial charge in [0.1, 0.15) is 12.4 Å². The van der Waals surface area contributed by atoms with Gasteiger partial charge in [-0.15, -0.1) is 0 Å². The second kappa shape index (κ2) is 9.72. The molecule has 0 bridgehead atoms. The molecule has 1 aliphatic rings. The summed E-state index contributed by atoms with van der Waals surface area (Å²) in [5.74, 6) is 0.131. The summed E-state index contributed by atoms with van der Waals surface area (Å²) in [5.41, 5.74) is 3.34. The first-order valence-electron chi connectivity index (χ1n) is 8.76. The number of nitrogens with zero attached hydrogens (tertiary/aromatic N) is 1. The maximum absolute atomic E-state index is 10.6. The van der Waals surface area contributed by atoms with Gasteiger partial charge in [0.25, 0.3) is 0 Å². The molecule has 134 valence electrons. The third kappa shape index (κ3) is 6.14. The standard InChI is InChI=1S/C21H27NO3/c1-3-4-8-20(19-7-5-6-15-22(19)2)25-16-18-11-9-17(10-12-18)13-14-21(23)24/h3-4,8-12H,1,5-7,13-16H2,2H3,(H,23,24)/b8-4-,20-19-. The number of carboxylic acid groups (broad SMARTS) is 1. The number of aliphatic carboxylic acids is 1. The number of carboxylic acids is 1. The fraction of sp³-hybridized carbons (Fsp3) is 0.381. The van der Waals surface area contributed by atoms with Gasteiger partial charge in [0, 0.05) is 20.0 Å². The fourth-order valence-corrected chi connectivity index (χ4v) is 2.88. The van der Waals surface area contributed by atoms with Crippen LogP contribution in [0, 0.1) is 0 Å². The molecular weight excluding hydrogens is 314 g/mol. The highest BCUT2D eigenvalue weighted by Gasteiger charge is 2.15. The van der Waals surface area contributed by atoms with E-state index in [-0.39, 0.29) is 6.42 Å². The van der Waals surface area contributed by atoms with Crippen molar-refractivity contribution in [1.29, 1.82) is 0 Å². The molecule has 0 amide bonds. The molecule has 0 unspecified atom stereocenters. The Hall–Kier alpha value is -2.49. The van der Waals surface area contributed by atoms with E-state index >= 15 is 0 Å². The van der Waals surface area contributed by atoms with Gasteiger partial charge in [-0.25, -0.2) is 0 Å². The average molecular weight is 341 g/mol. The number of piperidine rings is 1. The molecule has 1 saturated heterocycles. The van der Waals surface area contributed by atoms with Crippen molar-refractivity contribution in [1.82, 2.24) is 4.90 Å². The highest BCUT2D eigenvalue weighted by molar-refractivity contribution is 5.67. The largest absolute Gasteiger partial charge is 0.487 e.